The van der Waals surface area contributed by atoms with Crippen LogP contribution in [0, 0.1) is 0 Å². The van der Waals surface area contributed by atoms with E-state index in [4.69, 9.17) is 9.47 Å². The van der Waals surface area contributed by atoms with Crippen molar-refractivity contribution in [2.45, 2.75) is 0 Å². The van der Waals surface area contributed by atoms with Gasteiger partial charge in [0.25, 0.3) is 0 Å². The minimum atomic E-state index is 0.147. The van der Waals surface area contributed by atoms with Gasteiger partial charge in [0.2, 0.25) is 6.79 Å². The van der Waals surface area contributed by atoms with E-state index in [-0.39, 0.29) is 18.2 Å². The number of phenolic OH excluding ortho intramolecular Hbond substituents is 1. The van der Waals surface area contributed by atoms with Crippen LogP contribution >= 0.6 is 0 Å². The minimum Gasteiger partial charge on any atom is -0.508 e. The van der Waals surface area contributed by atoms with Gasteiger partial charge in [0, 0.05) is 5.56 Å². The van der Waals surface area contributed by atoms with Crippen LogP contribution in [0.15, 0.2) is 42.5 Å². The third-order valence-corrected chi connectivity index (χ3v) is 3.55. The fourth-order valence-electron chi connectivity index (χ4n) is 2.46. The molecule has 7 nitrogen and oxygen atoms in total. The highest BCUT2D eigenvalue weighted by Crippen LogP contribution is 2.36. The molecule has 1 aromatic heterocycles. The first-order valence-corrected chi connectivity index (χ1v) is 6.86. The van der Waals surface area contributed by atoms with Crippen molar-refractivity contribution < 1.29 is 19.4 Å². The molecule has 0 radical (unpaired) electrons. The van der Waals surface area contributed by atoms with Gasteiger partial charge in [-0.2, -0.15) is 0 Å². The molecule has 2 aromatic carbocycles. The van der Waals surface area contributed by atoms with Gasteiger partial charge in [-0.3, -0.25) is 4.79 Å². The third kappa shape index (κ3) is 2.18. The van der Waals surface area contributed by atoms with Crippen molar-refractivity contribution in [3.05, 3.63) is 48.2 Å². The summed E-state index contributed by atoms with van der Waals surface area (Å²) in [6.07, 6.45) is 0.657. The number of hydrogen-bond acceptors (Lipinski definition) is 6. The molecule has 0 unspecified atom stereocenters. The van der Waals surface area contributed by atoms with Gasteiger partial charge in [-0.15, -0.1) is 5.10 Å². The number of aromatic hydroxyl groups is 1. The first-order chi connectivity index (χ1) is 11.3. The van der Waals surface area contributed by atoms with Gasteiger partial charge < -0.3 is 14.6 Å². The summed E-state index contributed by atoms with van der Waals surface area (Å²) < 4.78 is 12.2. The molecule has 0 aliphatic carbocycles. The van der Waals surface area contributed by atoms with E-state index in [1.165, 1.54) is 0 Å². The minimum absolute atomic E-state index is 0.147. The molecule has 0 amide bonds. The molecule has 0 spiro atoms. The van der Waals surface area contributed by atoms with Crippen LogP contribution < -0.4 is 9.47 Å². The number of aromatic nitrogens is 3. The van der Waals surface area contributed by atoms with E-state index in [1.54, 1.807) is 41.1 Å². The van der Waals surface area contributed by atoms with Crippen molar-refractivity contribution in [1.82, 2.24) is 15.0 Å². The number of fused-ring (bicyclic) bond motifs is 1. The molecule has 1 N–H and O–H groups in total. The topological polar surface area (TPSA) is 86.5 Å². The predicted molar refractivity (Wildman–Crippen MR) is 80.0 cm³/mol. The zero-order chi connectivity index (χ0) is 15.8. The van der Waals surface area contributed by atoms with E-state index in [1.807, 2.05) is 6.07 Å². The number of phenols is 1. The highest BCUT2D eigenvalue weighted by molar-refractivity contribution is 5.84. The second-order valence-electron chi connectivity index (χ2n) is 4.94. The number of aldehydes is 1. The van der Waals surface area contributed by atoms with Gasteiger partial charge in [0.05, 0.1) is 5.69 Å². The van der Waals surface area contributed by atoms with Gasteiger partial charge in [0.15, 0.2) is 23.5 Å². The number of carbonyl (C=O) groups is 1. The normalized spacial score (nSPS) is 12.3. The fourth-order valence-corrected chi connectivity index (χ4v) is 2.46. The molecule has 3 aromatic rings. The Bertz CT molecular complexity index is 887. The highest BCUT2D eigenvalue weighted by atomic mass is 16.7. The summed E-state index contributed by atoms with van der Waals surface area (Å²) >= 11 is 0. The lowest BCUT2D eigenvalue weighted by atomic mass is 10.1. The third-order valence-electron chi connectivity index (χ3n) is 3.55. The molecule has 7 heteroatoms. The molecule has 0 saturated heterocycles. The van der Waals surface area contributed by atoms with Crippen molar-refractivity contribution >= 4 is 6.29 Å². The van der Waals surface area contributed by atoms with Crippen LogP contribution in [0.25, 0.3) is 16.9 Å². The van der Waals surface area contributed by atoms with E-state index in [2.05, 4.69) is 10.3 Å². The number of benzene rings is 2. The number of rotatable bonds is 3. The molecule has 0 saturated carbocycles. The summed E-state index contributed by atoms with van der Waals surface area (Å²) in [5.41, 5.74) is 2.17. The molecule has 1 aliphatic heterocycles. The first kappa shape index (κ1) is 13.3. The molecular formula is C16H11N3O4. The van der Waals surface area contributed by atoms with Crippen LogP contribution in [0.1, 0.15) is 10.5 Å². The van der Waals surface area contributed by atoms with Crippen LogP contribution in [-0.4, -0.2) is 33.2 Å². The van der Waals surface area contributed by atoms with Crippen LogP contribution in [0.3, 0.4) is 0 Å². The maximum atomic E-state index is 11.3. The summed E-state index contributed by atoms with van der Waals surface area (Å²) in [5, 5.41) is 17.4. The second kappa shape index (κ2) is 5.13. The Morgan fingerprint density at radius 3 is 2.65 bits per heavy atom. The smallest absolute Gasteiger partial charge is 0.231 e. The molecule has 0 fully saturated rings. The molecule has 2 heterocycles. The van der Waals surface area contributed by atoms with Crippen molar-refractivity contribution in [2.24, 2.45) is 0 Å². The molecule has 0 bridgehead atoms. The molecule has 23 heavy (non-hydrogen) atoms. The summed E-state index contributed by atoms with van der Waals surface area (Å²) in [5.74, 6) is 1.41. The summed E-state index contributed by atoms with van der Waals surface area (Å²) in [6, 6.07) is 11.8. The van der Waals surface area contributed by atoms with Gasteiger partial charge >= 0.3 is 0 Å². The predicted octanol–water partition coefficient (Wildman–Crippen LogP) is 2.18. The molecule has 0 atom stereocenters. The molecular weight excluding hydrogens is 298 g/mol. The Hall–Kier alpha value is -3.35. The van der Waals surface area contributed by atoms with Crippen LogP contribution in [0.2, 0.25) is 0 Å². The van der Waals surface area contributed by atoms with Crippen LogP contribution in [-0.2, 0) is 0 Å². The highest BCUT2D eigenvalue weighted by Gasteiger charge is 2.20. The van der Waals surface area contributed by atoms with E-state index in [0.29, 0.717) is 29.2 Å². The van der Waals surface area contributed by atoms with E-state index in [9.17, 15) is 9.90 Å². The molecule has 114 valence electrons. The van der Waals surface area contributed by atoms with E-state index < -0.39 is 0 Å². The fraction of sp³-hybridized carbons (Fsp3) is 0.0625. The average molecular weight is 309 g/mol. The number of carbonyl (C=O) groups excluding carboxylic acids is 1. The second-order valence-corrected chi connectivity index (χ2v) is 4.94. The summed E-state index contributed by atoms with van der Waals surface area (Å²) in [4.78, 5) is 11.3. The lowest BCUT2D eigenvalue weighted by Gasteiger charge is -2.08. The van der Waals surface area contributed by atoms with Gasteiger partial charge in [0.1, 0.15) is 11.4 Å². The first-order valence-electron chi connectivity index (χ1n) is 6.86. The average Bonchev–Trinajstić information content (AvgIpc) is 3.21. The largest absolute Gasteiger partial charge is 0.508 e. The monoisotopic (exact) mass is 309 g/mol. The summed E-state index contributed by atoms with van der Waals surface area (Å²) in [7, 11) is 0. The molecule has 1 aliphatic rings. The van der Waals surface area contributed by atoms with Crippen molar-refractivity contribution in [1.29, 1.82) is 0 Å². The standard InChI is InChI=1S/C16H11N3O4/c20-8-13-16(10-1-6-14-15(7-10)23-9-22-14)19(18-17-13)11-2-4-12(21)5-3-11/h1-8,21H,9H2. The van der Waals surface area contributed by atoms with Gasteiger partial charge in [-0.1, -0.05) is 5.21 Å². The Kier molecular flexibility index (Phi) is 2.97. The summed E-state index contributed by atoms with van der Waals surface area (Å²) in [6.45, 7) is 0.175. The molecule has 4 rings (SSSR count). The Labute approximate surface area is 130 Å². The van der Waals surface area contributed by atoms with Crippen LogP contribution in [0.4, 0.5) is 0 Å². The maximum absolute atomic E-state index is 11.3. The SMILES string of the molecule is O=Cc1nnn(-c2ccc(O)cc2)c1-c1ccc2c(c1)OCO2. The van der Waals surface area contributed by atoms with E-state index in [0.717, 1.165) is 5.56 Å². The zero-order valence-corrected chi connectivity index (χ0v) is 11.8. The Balaban J connectivity index is 1.88. The zero-order valence-electron chi connectivity index (χ0n) is 11.8. The Morgan fingerprint density at radius 2 is 1.87 bits per heavy atom. The van der Waals surface area contributed by atoms with Crippen molar-refractivity contribution in [2.75, 3.05) is 6.79 Å². The quantitative estimate of drug-likeness (QED) is 0.746. The lowest BCUT2D eigenvalue weighted by molar-refractivity contribution is 0.111. The number of hydrogen-bond donors (Lipinski definition) is 1. The van der Waals surface area contributed by atoms with E-state index >= 15 is 0 Å². The maximum Gasteiger partial charge on any atom is 0.231 e. The Morgan fingerprint density at radius 1 is 1.09 bits per heavy atom. The lowest BCUT2D eigenvalue weighted by Crippen LogP contribution is -2.00. The number of ether oxygens (including phenoxy) is 2. The number of nitrogens with zero attached hydrogens (tertiary/aromatic N) is 3. The van der Waals surface area contributed by atoms with Gasteiger partial charge in [-0.25, -0.2) is 4.68 Å². The van der Waals surface area contributed by atoms with Crippen molar-refractivity contribution in [3.8, 4) is 34.2 Å². The van der Waals surface area contributed by atoms with Crippen molar-refractivity contribution in [3.63, 3.8) is 0 Å². The van der Waals surface area contributed by atoms with Crippen LogP contribution in [0.5, 0.6) is 17.2 Å². The van der Waals surface area contributed by atoms with Gasteiger partial charge in [-0.05, 0) is 42.5 Å².